The summed E-state index contributed by atoms with van der Waals surface area (Å²) in [5, 5.41) is 0.247. The van der Waals surface area contributed by atoms with Gasteiger partial charge in [-0.15, -0.1) is 0 Å². The molecule has 0 aromatic carbocycles. The van der Waals surface area contributed by atoms with E-state index in [1.807, 2.05) is 0 Å². The second-order valence-electron chi connectivity index (χ2n) is 2.67. The highest BCUT2D eigenvalue weighted by Gasteiger charge is 2.27. The quantitative estimate of drug-likeness (QED) is 0.583. The number of phosphoric acid groups is 1. The van der Waals surface area contributed by atoms with E-state index in [0.717, 1.165) is 0 Å². The van der Waals surface area contributed by atoms with Crippen LogP contribution < -0.4 is 4.52 Å². The molecule has 90 valence electrons. The van der Waals surface area contributed by atoms with Gasteiger partial charge >= 0.3 is 7.82 Å². The van der Waals surface area contributed by atoms with Crippen LogP contribution in [-0.4, -0.2) is 18.2 Å². The average molecular weight is 266 g/mol. The maximum absolute atomic E-state index is 11.9. The summed E-state index contributed by atoms with van der Waals surface area (Å²) < 4.78 is 26.9. The van der Waals surface area contributed by atoms with E-state index in [2.05, 4.69) is 4.98 Å². The zero-order valence-corrected chi connectivity index (χ0v) is 10.7. The van der Waals surface area contributed by atoms with Crippen LogP contribution >= 0.6 is 19.4 Å². The summed E-state index contributed by atoms with van der Waals surface area (Å²) in [6.45, 7) is 3.83. The summed E-state index contributed by atoms with van der Waals surface area (Å²) in [6, 6.07) is 4.74. The van der Waals surface area contributed by atoms with Crippen molar-refractivity contribution < 1.29 is 18.1 Å². The fourth-order valence-electron chi connectivity index (χ4n) is 0.961. The molecule has 1 heterocycles. The number of aromatic nitrogens is 1. The van der Waals surface area contributed by atoms with Crippen LogP contribution in [0.1, 0.15) is 13.8 Å². The summed E-state index contributed by atoms with van der Waals surface area (Å²) in [5.41, 5.74) is 0. The van der Waals surface area contributed by atoms with Gasteiger partial charge in [0, 0.05) is 6.07 Å². The van der Waals surface area contributed by atoms with Crippen molar-refractivity contribution in [1.82, 2.24) is 4.98 Å². The van der Waals surface area contributed by atoms with Gasteiger partial charge in [0.1, 0.15) is 5.15 Å². The van der Waals surface area contributed by atoms with E-state index in [-0.39, 0.29) is 24.2 Å². The van der Waals surface area contributed by atoms with Crippen LogP contribution in [0.25, 0.3) is 0 Å². The smallest absolute Gasteiger partial charge is 0.386 e. The molecule has 1 aromatic heterocycles. The number of hydrogen-bond acceptors (Lipinski definition) is 5. The molecule has 0 unspecified atom stereocenters. The van der Waals surface area contributed by atoms with Gasteiger partial charge in [-0.2, -0.15) is 0 Å². The predicted molar refractivity (Wildman–Crippen MR) is 60.7 cm³/mol. The summed E-state index contributed by atoms with van der Waals surface area (Å²) in [6.07, 6.45) is 0. The molecule has 0 saturated heterocycles. The lowest BCUT2D eigenvalue weighted by Crippen LogP contribution is -2.03. The largest absolute Gasteiger partial charge is 0.531 e. The van der Waals surface area contributed by atoms with Gasteiger partial charge in [0.15, 0.2) is 0 Å². The van der Waals surface area contributed by atoms with Gasteiger partial charge in [0.05, 0.1) is 13.2 Å². The molecule has 0 aliphatic rings. The number of hydrogen-bond donors (Lipinski definition) is 0. The highest BCUT2D eigenvalue weighted by molar-refractivity contribution is 7.48. The van der Waals surface area contributed by atoms with Crippen molar-refractivity contribution in [2.24, 2.45) is 0 Å². The molecule has 0 N–H and O–H groups in total. The van der Waals surface area contributed by atoms with Crippen LogP contribution in [0.15, 0.2) is 18.2 Å². The Morgan fingerprint density at radius 2 is 1.94 bits per heavy atom. The van der Waals surface area contributed by atoms with Gasteiger partial charge in [0.25, 0.3) is 0 Å². The highest BCUT2D eigenvalue weighted by Crippen LogP contribution is 2.48. The van der Waals surface area contributed by atoms with Crippen molar-refractivity contribution in [3.63, 3.8) is 0 Å². The Kier molecular flexibility index (Phi) is 5.22. The van der Waals surface area contributed by atoms with Crippen molar-refractivity contribution in [3.05, 3.63) is 23.4 Å². The molecule has 0 bridgehead atoms. The fraction of sp³-hybridized carbons (Fsp3) is 0.444. The van der Waals surface area contributed by atoms with Gasteiger partial charge in [-0.25, -0.2) is 9.55 Å². The first-order valence-corrected chi connectivity index (χ1v) is 6.64. The van der Waals surface area contributed by atoms with Crippen molar-refractivity contribution in [1.29, 1.82) is 0 Å². The topological polar surface area (TPSA) is 57.7 Å². The Balaban J connectivity index is 2.79. The van der Waals surface area contributed by atoms with Crippen LogP contribution in [0.5, 0.6) is 5.88 Å². The molecule has 16 heavy (non-hydrogen) atoms. The minimum atomic E-state index is -3.58. The van der Waals surface area contributed by atoms with E-state index in [1.54, 1.807) is 26.0 Å². The number of nitrogens with zero attached hydrogens (tertiary/aromatic N) is 1. The van der Waals surface area contributed by atoms with E-state index in [1.165, 1.54) is 6.07 Å². The number of pyridine rings is 1. The van der Waals surface area contributed by atoms with Gasteiger partial charge < -0.3 is 4.52 Å². The third kappa shape index (κ3) is 4.10. The lowest BCUT2D eigenvalue weighted by molar-refractivity contribution is 0.166. The Morgan fingerprint density at radius 3 is 2.44 bits per heavy atom. The maximum atomic E-state index is 11.9. The summed E-state index contributed by atoms with van der Waals surface area (Å²) >= 11 is 5.67. The Labute approximate surface area is 99.3 Å². The molecule has 1 rings (SSSR count). The zero-order chi connectivity index (χ0) is 12.0. The molecular formula is C9H13ClNO4P. The molecule has 0 atom stereocenters. The van der Waals surface area contributed by atoms with Crippen LogP contribution in [0.3, 0.4) is 0 Å². The van der Waals surface area contributed by atoms with Crippen LogP contribution in [0.4, 0.5) is 0 Å². The maximum Gasteiger partial charge on any atom is 0.531 e. The molecular weight excluding hydrogens is 253 g/mol. The molecule has 0 aliphatic heterocycles. The van der Waals surface area contributed by atoms with Crippen molar-refractivity contribution in [2.75, 3.05) is 13.2 Å². The van der Waals surface area contributed by atoms with E-state index < -0.39 is 7.82 Å². The molecule has 0 aliphatic carbocycles. The monoisotopic (exact) mass is 265 g/mol. The second-order valence-corrected chi connectivity index (χ2v) is 4.65. The molecule has 1 aromatic rings. The number of halogens is 1. The van der Waals surface area contributed by atoms with Crippen LogP contribution in [-0.2, 0) is 13.6 Å². The summed E-state index contributed by atoms with van der Waals surface area (Å²) in [5.74, 6) is 0.109. The van der Waals surface area contributed by atoms with E-state index in [4.69, 9.17) is 25.2 Å². The SMILES string of the molecule is CCOP(=O)(OCC)Oc1cccc(Cl)n1. The first-order valence-electron chi connectivity index (χ1n) is 4.81. The average Bonchev–Trinajstić information content (AvgIpc) is 2.17. The molecule has 0 spiro atoms. The Bertz CT molecular complexity index is 378. The minimum Gasteiger partial charge on any atom is -0.386 e. The van der Waals surface area contributed by atoms with Gasteiger partial charge in [-0.05, 0) is 19.9 Å². The summed E-state index contributed by atoms with van der Waals surface area (Å²) in [4.78, 5) is 3.83. The molecule has 0 fully saturated rings. The molecule has 0 saturated carbocycles. The van der Waals surface area contributed by atoms with Crippen molar-refractivity contribution in [2.45, 2.75) is 13.8 Å². The number of rotatable bonds is 6. The molecule has 5 nitrogen and oxygen atoms in total. The normalized spacial score (nSPS) is 11.4. The number of phosphoric ester groups is 1. The lowest BCUT2D eigenvalue weighted by Gasteiger charge is -2.16. The van der Waals surface area contributed by atoms with E-state index in [9.17, 15) is 4.57 Å². The third-order valence-electron chi connectivity index (χ3n) is 1.47. The first-order chi connectivity index (χ1) is 7.59. The van der Waals surface area contributed by atoms with Gasteiger partial charge in [-0.1, -0.05) is 17.7 Å². The Hall–Kier alpha value is -0.610. The molecule has 7 heteroatoms. The van der Waals surface area contributed by atoms with Crippen LogP contribution in [0, 0.1) is 0 Å². The highest BCUT2D eigenvalue weighted by atomic mass is 35.5. The first kappa shape index (κ1) is 13.5. The minimum absolute atomic E-state index is 0.109. The Morgan fingerprint density at radius 1 is 1.31 bits per heavy atom. The van der Waals surface area contributed by atoms with Crippen molar-refractivity contribution >= 4 is 19.4 Å². The lowest BCUT2D eigenvalue weighted by atomic mass is 10.5. The van der Waals surface area contributed by atoms with Gasteiger partial charge in [0.2, 0.25) is 5.88 Å². The van der Waals surface area contributed by atoms with E-state index in [0.29, 0.717) is 0 Å². The molecule has 0 radical (unpaired) electrons. The third-order valence-corrected chi connectivity index (χ3v) is 3.24. The fourth-order valence-corrected chi connectivity index (χ4v) is 2.26. The van der Waals surface area contributed by atoms with Crippen molar-refractivity contribution in [3.8, 4) is 5.88 Å². The summed E-state index contributed by atoms with van der Waals surface area (Å²) in [7, 11) is -3.58. The van der Waals surface area contributed by atoms with Gasteiger partial charge in [-0.3, -0.25) is 9.05 Å². The van der Waals surface area contributed by atoms with Crippen LogP contribution in [0.2, 0.25) is 5.15 Å². The molecule has 0 amide bonds. The van der Waals surface area contributed by atoms with E-state index >= 15 is 0 Å². The second kappa shape index (κ2) is 6.21. The standard InChI is InChI=1S/C9H13ClNO4P/c1-3-13-16(12,14-4-2)15-9-7-5-6-8(10)11-9/h5-7H,3-4H2,1-2H3. The predicted octanol–water partition coefficient (Wildman–Crippen LogP) is 3.29. The zero-order valence-electron chi connectivity index (χ0n) is 9.05.